The number of aromatic nitrogens is 2. The molecule has 0 saturated carbocycles. The summed E-state index contributed by atoms with van der Waals surface area (Å²) in [7, 11) is 0. The van der Waals surface area contributed by atoms with E-state index in [2.05, 4.69) is 51.3 Å². The maximum absolute atomic E-state index is 12.0. The highest BCUT2D eigenvalue weighted by Gasteiger charge is 2.08. The Labute approximate surface area is 130 Å². The fourth-order valence-electron chi connectivity index (χ4n) is 1.68. The summed E-state index contributed by atoms with van der Waals surface area (Å²) in [5.41, 5.74) is 0.447. The third-order valence-electron chi connectivity index (χ3n) is 2.74. The second-order valence-corrected chi connectivity index (χ2v) is 6.16. The highest BCUT2D eigenvalue weighted by molar-refractivity contribution is 9.10. The predicted octanol–water partition coefficient (Wildman–Crippen LogP) is 2.88. The van der Waals surface area contributed by atoms with Crippen LogP contribution in [0.4, 0.5) is 5.69 Å². The van der Waals surface area contributed by atoms with E-state index in [-0.39, 0.29) is 12.1 Å². The topological polar surface area (TPSA) is 46.9 Å². The van der Waals surface area contributed by atoms with Gasteiger partial charge in [-0.25, -0.2) is 4.68 Å². The molecule has 0 fully saturated rings. The molecule has 0 unspecified atom stereocenters. The number of rotatable bonds is 5. The van der Waals surface area contributed by atoms with Crippen LogP contribution in [0.3, 0.4) is 0 Å². The quantitative estimate of drug-likeness (QED) is 0.842. The van der Waals surface area contributed by atoms with Crippen molar-refractivity contribution in [1.29, 1.82) is 0 Å². The lowest BCUT2D eigenvalue weighted by molar-refractivity contribution is 0.659. The maximum Gasteiger partial charge on any atom is 0.284 e. The monoisotopic (exact) mass is 351 g/mol. The molecule has 20 heavy (non-hydrogen) atoms. The molecule has 0 atom stereocenters. The summed E-state index contributed by atoms with van der Waals surface area (Å²) in [6, 6.07) is 4.22. The van der Waals surface area contributed by atoms with Gasteiger partial charge in [-0.2, -0.15) is 5.10 Å². The summed E-state index contributed by atoms with van der Waals surface area (Å²) >= 11 is 5.06. The number of terminal acetylenes is 1. The number of halogens is 1. The molecule has 2 heterocycles. The summed E-state index contributed by atoms with van der Waals surface area (Å²) < 4.78 is 1.70. The average Bonchev–Trinajstić information content (AvgIpc) is 2.91. The Bertz CT molecular complexity index is 699. The summed E-state index contributed by atoms with van der Waals surface area (Å²) in [6.45, 7) is 2.97. The molecule has 2 aromatic heterocycles. The van der Waals surface area contributed by atoms with Gasteiger partial charge in [-0.1, -0.05) is 12.8 Å². The summed E-state index contributed by atoms with van der Waals surface area (Å²) in [5, 5.41) is 7.25. The van der Waals surface area contributed by atoms with Crippen LogP contribution >= 0.6 is 27.3 Å². The normalized spacial score (nSPS) is 10.2. The van der Waals surface area contributed by atoms with Gasteiger partial charge in [0, 0.05) is 16.3 Å². The molecule has 6 heteroatoms. The van der Waals surface area contributed by atoms with Crippen LogP contribution in [-0.4, -0.2) is 9.78 Å². The molecule has 1 N–H and O–H groups in total. The smallest absolute Gasteiger partial charge is 0.284 e. The zero-order chi connectivity index (χ0) is 14.5. The fraction of sp³-hybridized carbons (Fsp3) is 0.286. The largest absolute Gasteiger partial charge is 0.378 e. The van der Waals surface area contributed by atoms with Crippen LogP contribution in [0.5, 0.6) is 0 Å². The molecule has 0 amide bonds. The van der Waals surface area contributed by atoms with E-state index < -0.39 is 0 Å². The third-order valence-corrected chi connectivity index (χ3v) is 4.74. The van der Waals surface area contributed by atoms with Crippen LogP contribution in [0.15, 0.2) is 27.6 Å². The van der Waals surface area contributed by atoms with E-state index in [1.54, 1.807) is 17.5 Å². The molecule has 0 aliphatic carbocycles. The van der Waals surface area contributed by atoms with Crippen LogP contribution < -0.4 is 10.9 Å². The fourth-order valence-corrected chi connectivity index (χ4v) is 3.02. The molecule has 2 rings (SSSR count). The Balaban J connectivity index is 2.12. The van der Waals surface area contributed by atoms with E-state index in [1.165, 1.54) is 14.4 Å². The SMILES string of the molecule is C#CCn1ncc(NCc2ccc(CC)s2)c(Br)c1=O. The first-order valence-electron chi connectivity index (χ1n) is 6.16. The van der Waals surface area contributed by atoms with Gasteiger partial charge in [0.05, 0.1) is 11.9 Å². The van der Waals surface area contributed by atoms with E-state index >= 15 is 0 Å². The molecule has 4 nitrogen and oxygen atoms in total. The van der Waals surface area contributed by atoms with Crippen molar-refractivity contribution >= 4 is 33.0 Å². The maximum atomic E-state index is 12.0. The van der Waals surface area contributed by atoms with Gasteiger partial charge in [0.1, 0.15) is 11.0 Å². The number of hydrogen-bond donors (Lipinski definition) is 1. The number of nitrogens with zero attached hydrogens (tertiary/aromatic N) is 2. The van der Waals surface area contributed by atoms with Gasteiger partial charge in [-0.05, 0) is 34.5 Å². The number of nitrogens with one attached hydrogen (secondary N) is 1. The molecule has 0 bridgehead atoms. The van der Waals surface area contributed by atoms with Crippen molar-refractivity contribution in [2.24, 2.45) is 0 Å². The lowest BCUT2D eigenvalue weighted by Gasteiger charge is -2.08. The molecule has 0 aromatic carbocycles. The first-order valence-corrected chi connectivity index (χ1v) is 7.77. The molecular formula is C14H14BrN3OS. The molecule has 0 saturated heterocycles. The van der Waals surface area contributed by atoms with Crippen LogP contribution in [0.1, 0.15) is 16.7 Å². The van der Waals surface area contributed by atoms with Gasteiger partial charge in [0.2, 0.25) is 0 Å². The van der Waals surface area contributed by atoms with E-state index in [0.717, 1.165) is 6.42 Å². The van der Waals surface area contributed by atoms with Gasteiger partial charge in [-0.15, -0.1) is 17.8 Å². The number of aryl methyl sites for hydroxylation is 1. The Morgan fingerprint density at radius 1 is 1.50 bits per heavy atom. The lowest BCUT2D eigenvalue weighted by atomic mass is 10.3. The van der Waals surface area contributed by atoms with Crippen molar-refractivity contribution in [3.8, 4) is 12.3 Å². The van der Waals surface area contributed by atoms with Crippen molar-refractivity contribution in [2.45, 2.75) is 26.4 Å². The second kappa shape index (κ2) is 6.73. The van der Waals surface area contributed by atoms with Gasteiger partial charge in [-0.3, -0.25) is 4.79 Å². The van der Waals surface area contributed by atoms with Crippen LogP contribution in [0.2, 0.25) is 0 Å². The van der Waals surface area contributed by atoms with Crippen molar-refractivity contribution < 1.29 is 0 Å². The Morgan fingerprint density at radius 2 is 2.25 bits per heavy atom. The van der Waals surface area contributed by atoms with E-state index in [9.17, 15) is 4.79 Å². The Morgan fingerprint density at radius 3 is 2.90 bits per heavy atom. The predicted molar refractivity (Wildman–Crippen MR) is 86.1 cm³/mol. The van der Waals surface area contributed by atoms with E-state index in [0.29, 0.717) is 16.7 Å². The average molecular weight is 352 g/mol. The van der Waals surface area contributed by atoms with E-state index in [1.807, 2.05) is 0 Å². The lowest BCUT2D eigenvalue weighted by Crippen LogP contribution is -2.24. The Kier molecular flexibility index (Phi) is 4.99. The summed E-state index contributed by atoms with van der Waals surface area (Å²) in [4.78, 5) is 14.5. The highest BCUT2D eigenvalue weighted by atomic mass is 79.9. The molecule has 0 radical (unpaired) electrons. The van der Waals surface area contributed by atoms with Gasteiger partial charge < -0.3 is 5.32 Å². The minimum atomic E-state index is -0.228. The van der Waals surface area contributed by atoms with Crippen molar-refractivity contribution in [2.75, 3.05) is 5.32 Å². The van der Waals surface area contributed by atoms with E-state index in [4.69, 9.17) is 6.42 Å². The zero-order valence-electron chi connectivity index (χ0n) is 11.0. The summed E-state index contributed by atoms with van der Waals surface area (Å²) in [6.07, 6.45) is 7.84. The molecule has 0 spiro atoms. The Hall–Kier alpha value is -1.58. The molecule has 0 aliphatic rings. The van der Waals surface area contributed by atoms with Gasteiger partial charge in [0.25, 0.3) is 5.56 Å². The zero-order valence-corrected chi connectivity index (χ0v) is 13.4. The van der Waals surface area contributed by atoms with Crippen LogP contribution in [0.25, 0.3) is 0 Å². The van der Waals surface area contributed by atoms with Crippen LogP contribution in [-0.2, 0) is 19.5 Å². The van der Waals surface area contributed by atoms with Crippen molar-refractivity contribution in [3.05, 3.63) is 42.9 Å². The number of thiophene rings is 1. The molecule has 104 valence electrons. The number of hydrogen-bond acceptors (Lipinski definition) is 4. The standard InChI is InChI=1S/C14H14BrN3OS/c1-3-7-18-14(19)13(15)12(9-17-18)16-8-11-6-5-10(4-2)20-11/h1,5-6,9,16H,4,7-8H2,2H3. The number of anilines is 1. The molecular weight excluding hydrogens is 338 g/mol. The third kappa shape index (κ3) is 3.30. The minimum Gasteiger partial charge on any atom is -0.378 e. The molecule has 2 aromatic rings. The molecule has 0 aliphatic heterocycles. The highest BCUT2D eigenvalue weighted by Crippen LogP contribution is 2.21. The first-order chi connectivity index (χ1) is 9.65. The first kappa shape index (κ1) is 14.8. The van der Waals surface area contributed by atoms with Gasteiger partial charge >= 0.3 is 0 Å². The van der Waals surface area contributed by atoms with Gasteiger partial charge in [0.15, 0.2) is 0 Å². The van der Waals surface area contributed by atoms with Crippen molar-refractivity contribution in [1.82, 2.24) is 9.78 Å². The minimum absolute atomic E-state index is 0.169. The van der Waals surface area contributed by atoms with Crippen LogP contribution in [0, 0.1) is 12.3 Å². The second-order valence-electron chi connectivity index (χ2n) is 4.11. The van der Waals surface area contributed by atoms with Crippen molar-refractivity contribution in [3.63, 3.8) is 0 Å². The summed E-state index contributed by atoms with van der Waals surface area (Å²) in [5.74, 6) is 2.40.